The molecule has 102 valence electrons. The number of rotatable bonds is 3. The van der Waals surface area contributed by atoms with E-state index in [-0.39, 0.29) is 18.3 Å². The van der Waals surface area contributed by atoms with Gasteiger partial charge in [-0.25, -0.2) is 0 Å². The number of benzene rings is 1. The maximum absolute atomic E-state index is 5.90. The second-order valence-corrected chi connectivity index (χ2v) is 5.76. The van der Waals surface area contributed by atoms with E-state index in [1.165, 1.54) is 0 Å². The smallest absolute Gasteiger partial charge is 0.487 e. The van der Waals surface area contributed by atoms with Crippen LogP contribution in [0.3, 0.4) is 0 Å². The van der Waals surface area contributed by atoms with E-state index >= 15 is 0 Å². The van der Waals surface area contributed by atoms with Crippen molar-refractivity contribution < 1.29 is 14.0 Å². The number of hydrogen-bond donors (Lipinski definition) is 0. The van der Waals surface area contributed by atoms with Crippen LogP contribution in [-0.2, 0) is 9.31 Å². The maximum Gasteiger partial charge on any atom is 0.487 e. The molecule has 2 rings (SSSR count). The van der Waals surface area contributed by atoms with Gasteiger partial charge in [0.2, 0.25) is 0 Å². The van der Waals surface area contributed by atoms with E-state index in [0.717, 1.165) is 11.3 Å². The molecule has 0 unspecified atom stereocenters. The minimum Gasteiger partial charge on any atom is -0.497 e. The first-order valence-electron chi connectivity index (χ1n) is 6.52. The molecule has 1 heterocycles. The summed E-state index contributed by atoms with van der Waals surface area (Å²) in [6.45, 7) is 8.20. The first-order valence-corrected chi connectivity index (χ1v) is 6.52. The third kappa shape index (κ3) is 3.02. The molecule has 1 saturated heterocycles. The van der Waals surface area contributed by atoms with Gasteiger partial charge in [-0.3, -0.25) is 0 Å². The summed E-state index contributed by atoms with van der Waals surface area (Å²) in [7, 11) is 1.36. The number of hydrogen-bond acceptors (Lipinski definition) is 3. The van der Waals surface area contributed by atoms with E-state index < -0.39 is 0 Å². The minimum atomic E-state index is -0.299. The van der Waals surface area contributed by atoms with Crippen molar-refractivity contribution in [3.63, 3.8) is 0 Å². The summed E-state index contributed by atoms with van der Waals surface area (Å²) in [6, 6.07) is 7.87. The van der Waals surface area contributed by atoms with Crippen LogP contribution >= 0.6 is 0 Å². The van der Waals surface area contributed by atoms with Crippen LogP contribution in [0.2, 0.25) is 0 Å². The molecule has 3 nitrogen and oxygen atoms in total. The molecule has 0 amide bonds. The fourth-order valence-electron chi connectivity index (χ4n) is 1.87. The molecule has 0 saturated carbocycles. The van der Waals surface area contributed by atoms with Crippen LogP contribution in [0.1, 0.15) is 33.3 Å². The highest BCUT2D eigenvalue weighted by atomic mass is 16.7. The van der Waals surface area contributed by atoms with E-state index in [1.807, 2.05) is 64.0 Å². The molecule has 1 aromatic rings. The highest BCUT2D eigenvalue weighted by Crippen LogP contribution is 2.37. The van der Waals surface area contributed by atoms with Crippen LogP contribution in [0, 0.1) is 0 Å². The molecule has 1 aliphatic heterocycles. The van der Waals surface area contributed by atoms with Gasteiger partial charge in [0.05, 0.1) is 18.3 Å². The summed E-state index contributed by atoms with van der Waals surface area (Å²) in [6.07, 6.45) is 2.00. The first kappa shape index (κ1) is 14.2. The predicted octanol–water partition coefficient (Wildman–Crippen LogP) is 3.34. The van der Waals surface area contributed by atoms with Crippen molar-refractivity contribution in [2.75, 3.05) is 7.11 Å². The summed E-state index contributed by atoms with van der Waals surface area (Å²) in [5, 5.41) is 0. The zero-order valence-electron chi connectivity index (χ0n) is 12.3. The first-order chi connectivity index (χ1) is 8.84. The van der Waals surface area contributed by atoms with E-state index in [4.69, 9.17) is 14.0 Å². The minimum absolute atomic E-state index is 0.290. The third-order valence-electron chi connectivity index (χ3n) is 3.83. The molecule has 4 heteroatoms. The Morgan fingerprint density at radius 1 is 1.00 bits per heavy atom. The van der Waals surface area contributed by atoms with Gasteiger partial charge in [0.25, 0.3) is 0 Å². The lowest BCUT2D eigenvalue weighted by Gasteiger charge is -2.32. The third-order valence-corrected chi connectivity index (χ3v) is 3.83. The van der Waals surface area contributed by atoms with E-state index in [0.29, 0.717) is 0 Å². The molecule has 0 aromatic heterocycles. The Balaban J connectivity index is 2.04. The Morgan fingerprint density at radius 3 is 2.00 bits per heavy atom. The summed E-state index contributed by atoms with van der Waals surface area (Å²) in [5.74, 6) is 2.80. The van der Waals surface area contributed by atoms with Crippen LogP contribution in [0.15, 0.2) is 30.2 Å². The molecule has 19 heavy (non-hydrogen) atoms. The lowest BCUT2D eigenvalue weighted by molar-refractivity contribution is 0.00578. The Morgan fingerprint density at radius 2 is 1.53 bits per heavy atom. The van der Waals surface area contributed by atoms with Gasteiger partial charge in [-0.1, -0.05) is 24.2 Å². The van der Waals surface area contributed by atoms with E-state index in [9.17, 15) is 0 Å². The lowest BCUT2D eigenvalue weighted by Crippen LogP contribution is -2.41. The Kier molecular flexibility index (Phi) is 3.74. The molecule has 0 bridgehead atoms. The SMILES string of the molecule is COc1ccc(/C=C/B2OC(C)(C)C(C)(C)O2)cc1. The molecular weight excluding hydrogens is 239 g/mol. The topological polar surface area (TPSA) is 27.7 Å². The molecule has 0 spiro atoms. The fourth-order valence-corrected chi connectivity index (χ4v) is 1.87. The van der Waals surface area contributed by atoms with Gasteiger partial charge in [0.1, 0.15) is 5.75 Å². The molecule has 0 radical (unpaired) electrons. The van der Waals surface area contributed by atoms with Gasteiger partial charge in [-0.2, -0.15) is 0 Å². The van der Waals surface area contributed by atoms with Crippen LogP contribution in [0.4, 0.5) is 0 Å². The Bertz CT molecular complexity index is 447. The predicted molar refractivity (Wildman–Crippen MR) is 78.1 cm³/mol. The summed E-state index contributed by atoms with van der Waals surface area (Å²) >= 11 is 0. The lowest BCUT2D eigenvalue weighted by atomic mass is 9.89. The van der Waals surface area contributed by atoms with E-state index in [1.54, 1.807) is 7.11 Å². The molecular formula is C15H21BO3. The summed E-state index contributed by atoms with van der Waals surface area (Å²) < 4.78 is 16.9. The number of ether oxygens (including phenoxy) is 1. The van der Waals surface area contributed by atoms with Crippen molar-refractivity contribution >= 4 is 13.2 Å². The quantitative estimate of drug-likeness (QED) is 0.780. The average Bonchev–Trinajstić information content (AvgIpc) is 2.56. The largest absolute Gasteiger partial charge is 0.497 e. The van der Waals surface area contributed by atoms with Gasteiger partial charge < -0.3 is 14.0 Å². The summed E-state index contributed by atoms with van der Waals surface area (Å²) in [4.78, 5) is 0. The zero-order chi connectivity index (χ0) is 14.1. The zero-order valence-corrected chi connectivity index (χ0v) is 12.3. The number of methoxy groups -OCH3 is 1. The molecule has 0 N–H and O–H groups in total. The molecule has 1 aliphatic rings. The molecule has 0 atom stereocenters. The fraction of sp³-hybridized carbons (Fsp3) is 0.467. The van der Waals surface area contributed by atoms with Crippen molar-refractivity contribution in [1.82, 2.24) is 0 Å². The van der Waals surface area contributed by atoms with E-state index in [2.05, 4.69) is 0 Å². The van der Waals surface area contributed by atoms with Crippen molar-refractivity contribution in [3.8, 4) is 5.75 Å². The van der Waals surface area contributed by atoms with Crippen molar-refractivity contribution in [2.24, 2.45) is 0 Å². The Labute approximate surface area is 115 Å². The molecule has 1 fully saturated rings. The summed E-state index contributed by atoms with van der Waals surface area (Å²) in [5.41, 5.74) is 0.514. The highest BCUT2D eigenvalue weighted by Gasteiger charge is 2.49. The van der Waals surface area contributed by atoms with Gasteiger partial charge in [-0.15, -0.1) is 0 Å². The van der Waals surface area contributed by atoms with Crippen molar-refractivity contribution in [3.05, 3.63) is 35.8 Å². The normalized spacial score (nSPS) is 21.0. The second kappa shape index (κ2) is 5.02. The van der Waals surface area contributed by atoms with Crippen LogP contribution < -0.4 is 4.74 Å². The van der Waals surface area contributed by atoms with Gasteiger partial charge in [-0.05, 0) is 45.4 Å². The monoisotopic (exact) mass is 260 g/mol. The van der Waals surface area contributed by atoms with Gasteiger partial charge in [0, 0.05) is 0 Å². The van der Waals surface area contributed by atoms with Crippen LogP contribution in [-0.4, -0.2) is 25.4 Å². The van der Waals surface area contributed by atoms with Crippen LogP contribution in [0.25, 0.3) is 6.08 Å². The van der Waals surface area contributed by atoms with Gasteiger partial charge in [0.15, 0.2) is 0 Å². The second-order valence-electron chi connectivity index (χ2n) is 5.76. The Hall–Kier alpha value is -1.26. The van der Waals surface area contributed by atoms with Gasteiger partial charge >= 0.3 is 7.12 Å². The molecule has 0 aliphatic carbocycles. The van der Waals surface area contributed by atoms with Crippen molar-refractivity contribution in [1.29, 1.82) is 0 Å². The highest BCUT2D eigenvalue weighted by molar-refractivity contribution is 6.52. The molecule has 1 aromatic carbocycles. The van der Waals surface area contributed by atoms with Crippen LogP contribution in [0.5, 0.6) is 5.75 Å². The average molecular weight is 260 g/mol. The standard InChI is InChI=1S/C15H21BO3/c1-14(2)15(3,4)19-16(18-14)11-10-12-6-8-13(17-5)9-7-12/h6-11H,1-5H3/b11-10+. The maximum atomic E-state index is 5.90. The van der Waals surface area contributed by atoms with Crippen molar-refractivity contribution in [2.45, 2.75) is 38.9 Å².